The summed E-state index contributed by atoms with van der Waals surface area (Å²) in [6.07, 6.45) is 4.27. The number of aromatic nitrogens is 1. The molecular weight excluding hydrogens is 426 g/mol. The molecule has 2 N–H and O–H groups in total. The van der Waals surface area contributed by atoms with E-state index in [2.05, 4.69) is 59.1 Å². The van der Waals surface area contributed by atoms with Crippen LogP contribution in [0, 0.1) is 12.8 Å². The SMILES string of the molecule is Cc1ccccc1COCc1cccc(C(NC(=O)c2cc(C3CC3)on2)C2CCNCC2)c1. The Bertz CT molecular complexity index is 1120. The highest BCUT2D eigenvalue weighted by Gasteiger charge is 2.31. The van der Waals surface area contributed by atoms with Gasteiger partial charge < -0.3 is 19.9 Å². The summed E-state index contributed by atoms with van der Waals surface area (Å²) in [4.78, 5) is 13.1. The predicted molar refractivity (Wildman–Crippen MR) is 130 cm³/mol. The van der Waals surface area contributed by atoms with Crippen molar-refractivity contribution in [2.24, 2.45) is 5.92 Å². The second kappa shape index (κ2) is 10.5. The van der Waals surface area contributed by atoms with Crippen LogP contribution in [0.3, 0.4) is 0 Å². The highest BCUT2D eigenvalue weighted by atomic mass is 16.5. The minimum Gasteiger partial charge on any atom is -0.372 e. The predicted octanol–water partition coefficient (Wildman–Crippen LogP) is 5.05. The molecule has 1 amide bonds. The molecule has 6 heteroatoms. The van der Waals surface area contributed by atoms with Gasteiger partial charge in [-0.2, -0.15) is 0 Å². The van der Waals surface area contributed by atoms with Gasteiger partial charge >= 0.3 is 0 Å². The molecule has 5 rings (SSSR count). The lowest BCUT2D eigenvalue weighted by atomic mass is 9.85. The van der Waals surface area contributed by atoms with E-state index in [9.17, 15) is 4.79 Å². The van der Waals surface area contributed by atoms with Crippen LogP contribution in [0.5, 0.6) is 0 Å². The summed E-state index contributed by atoms with van der Waals surface area (Å²) in [5.74, 6) is 1.46. The Kier molecular flexibility index (Phi) is 7.07. The highest BCUT2D eigenvalue weighted by molar-refractivity contribution is 5.92. The number of hydrogen-bond acceptors (Lipinski definition) is 5. The van der Waals surface area contributed by atoms with Crippen LogP contribution in [-0.4, -0.2) is 24.2 Å². The van der Waals surface area contributed by atoms with Crippen LogP contribution in [0.25, 0.3) is 0 Å². The first-order valence-electron chi connectivity index (χ1n) is 12.4. The van der Waals surface area contributed by atoms with Gasteiger partial charge in [-0.25, -0.2) is 0 Å². The smallest absolute Gasteiger partial charge is 0.273 e. The number of ether oxygens (including phenoxy) is 1. The molecule has 2 aliphatic rings. The fraction of sp³-hybridized carbons (Fsp3) is 0.429. The van der Waals surface area contributed by atoms with Crippen LogP contribution in [0.2, 0.25) is 0 Å². The van der Waals surface area contributed by atoms with Gasteiger partial charge in [-0.15, -0.1) is 0 Å². The number of amides is 1. The lowest BCUT2D eigenvalue weighted by Gasteiger charge is -2.31. The van der Waals surface area contributed by atoms with Gasteiger partial charge in [0.25, 0.3) is 5.91 Å². The topological polar surface area (TPSA) is 76.4 Å². The third-order valence-electron chi connectivity index (χ3n) is 6.98. The molecule has 1 aliphatic heterocycles. The van der Waals surface area contributed by atoms with Gasteiger partial charge in [0.15, 0.2) is 5.69 Å². The van der Waals surface area contributed by atoms with Crippen LogP contribution in [0.1, 0.15) is 76.1 Å². The van der Waals surface area contributed by atoms with E-state index in [0.717, 1.165) is 55.7 Å². The summed E-state index contributed by atoms with van der Waals surface area (Å²) >= 11 is 0. The quantitative estimate of drug-likeness (QED) is 0.468. The van der Waals surface area contributed by atoms with Gasteiger partial charge in [0.1, 0.15) is 5.76 Å². The molecule has 2 fully saturated rings. The molecule has 0 spiro atoms. The Morgan fingerprint density at radius 1 is 1.09 bits per heavy atom. The van der Waals surface area contributed by atoms with Gasteiger partial charge in [-0.05, 0) is 73.9 Å². The van der Waals surface area contributed by atoms with Gasteiger partial charge in [0.2, 0.25) is 0 Å². The summed E-state index contributed by atoms with van der Waals surface area (Å²) in [7, 11) is 0. The third-order valence-corrected chi connectivity index (χ3v) is 6.98. The van der Waals surface area contributed by atoms with E-state index in [1.807, 2.05) is 18.2 Å². The lowest BCUT2D eigenvalue weighted by molar-refractivity contribution is 0.0904. The monoisotopic (exact) mass is 459 g/mol. The van der Waals surface area contributed by atoms with Crippen molar-refractivity contribution in [1.29, 1.82) is 0 Å². The van der Waals surface area contributed by atoms with Crippen molar-refractivity contribution < 1.29 is 14.1 Å². The van der Waals surface area contributed by atoms with Crippen molar-refractivity contribution in [1.82, 2.24) is 15.8 Å². The largest absolute Gasteiger partial charge is 0.372 e. The Balaban J connectivity index is 1.29. The van der Waals surface area contributed by atoms with Crippen molar-refractivity contribution in [3.8, 4) is 0 Å². The second-order valence-corrected chi connectivity index (χ2v) is 9.59. The van der Waals surface area contributed by atoms with Crippen molar-refractivity contribution in [2.75, 3.05) is 13.1 Å². The maximum atomic E-state index is 13.1. The van der Waals surface area contributed by atoms with E-state index in [1.165, 1.54) is 11.1 Å². The van der Waals surface area contributed by atoms with Crippen LogP contribution in [0.4, 0.5) is 0 Å². The van der Waals surface area contributed by atoms with Gasteiger partial charge in [0.05, 0.1) is 19.3 Å². The number of carbonyl (C=O) groups is 1. The Labute approximate surface area is 201 Å². The number of rotatable bonds is 9. The number of benzene rings is 2. The standard InChI is InChI=1S/C28H33N3O3/c1-19-5-2-3-7-24(19)18-33-17-20-6-4-8-23(15-20)27(22-11-13-29-14-12-22)30-28(32)25-16-26(34-31-25)21-9-10-21/h2-8,15-16,21-22,27,29H,9-14,17-18H2,1H3,(H,30,32). The summed E-state index contributed by atoms with van der Waals surface area (Å²) < 4.78 is 11.4. The molecule has 0 bridgehead atoms. The number of carbonyl (C=O) groups excluding carboxylic acids is 1. The zero-order valence-corrected chi connectivity index (χ0v) is 19.8. The lowest BCUT2D eigenvalue weighted by Crippen LogP contribution is -2.39. The Morgan fingerprint density at radius 2 is 1.91 bits per heavy atom. The first-order chi connectivity index (χ1) is 16.7. The zero-order chi connectivity index (χ0) is 23.3. The van der Waals surface area contributed by atoms with Gasteiger partial charge in [-0.1, -0.05) is 53.7 Å². The molecular formula is C28H33N3O3. The Morgan fingerprint density at radius 3 is 2.71 bits per heavy atom. The highest BCUT2D eigenvalue weighted by Crippen LogP contribution is 2.40. The number of nitrogens with zero attached hydrogens (tertiary/aromatic N) is 1. The second-order valence-electron chi connectivity index (χ2n) is 9.59. The number of aryl methyl sites for hydroxylation is 1. The molecule has 6 nitrogen and oxygen atoms in total. The molecule has 3 aromatic rings. The average Bonchev–Trinajstić information content (AvgIpc) is 3.60. The summed E-state index contributed by atoms with van der Waals surface area (Å²) in [5, 5.41) is 10.8. The molecule has 1 aromatic heterocycles. The summed E-state index contributed by atoms with van der Waals surface area (Å²) in [6, 6.07) is 18.4. The first-order valence-corrected chi connectivity index (χ1v) is 12.4. The summed E-state index contributed by atoms with van der Waals surface area (Å²) in [6.45, 7) is 5.15. The molecule has 34 heavy (non-hydrogen) atoms. The molecule has 1 saturated heterocycles. The van der Waals surface area contributed by atoms with Crippen LogP contribution in [-0.2, 0) is 18.0 Å². The zero-order valence-electron chi connectivity index (χ0n) is 19.8. The van der Waals surface area contributed by atoms with Gasteiger partial charge in [0, 0.05) is 12.0 Å². The van der Waals surface area contributed by atoms with Crippen LogP contribution in [0.15, 0.2) is 59.1 Å². The van der Waals surface area contributed by atoms with E-state index >= 15 is 0 Å². The molecule has 1 unspecified atom stereocenters. The number of piperidine rings is 1. The fourth-order valence-corrected chi connectivity index (χ4v) is 4.75. The van der Waals surface area contributed by atoms with E-state index in [0.29, 0.717) is 30.7 Å². The minimum atomic E-state index is -0.166. The molecule has 1 aliphatic carbocycles. The maximum Gasteiger partial charge on any atom is 0.273 e. The molecule has 1 atom stereocenters. The molecule has 0 radical (unpaired) electrons. The maximum absolute atomic E-state index is 13.1. The van der Waals surface area contributed by atoms with E-state index in [4.69, 9.17) is 9.26 Å². The van der Waals surface area contributed by atoms with Gasteiger partial charge in [-0.3, -0.25) is 4.79 Å². The van der Waals surface area contributed by atoms with Crippen molar-refractivity contribution in [3.05, 3.63) is 88.3 Å². The van der Waals surface area contributed by atoms with E-state index in [-0.39, 0.29) is 11.9 Å². The summed E-state index contributed by atoms with van der Waals surface area (Å²) in [5.41, 5.74) is 5.04. The minimum absolute atomic E-state index is 0.0769. The molecule has 2 aromatic carbocycles. The third kappa shape index (κ3) is 5.57. The Hall–Kier alpha value is -2.96. The van der Waals surface area contributed by atoms with Crippen molar-refractivity contribution in [2.45, 2.75) is 57.8 Å². The molecule has 178 valence electrons. The molecule has 2 heterocycles. The van der Waals surface area contributed by atoms with E-state index in [1.54, 1.807) is 0 Å². The van der Waals surface area contributed by atoms with Crippen molar-refractivity contribution in [3.63, 3.8) is 0 Å². The normalized spacial score (nSPS) is 17.4. The number of nitrogens with one attached hydrogen (secondary N) is 2. The number of hydrogen-bond donors (Lipinski definition) is 2. The van der Waals surface area contributed by atoms with E-state index < -0.39 is 0 Å². The molecule has 1 saturated carbocycles. The average molecular weight is 460 g/mol. The van der Waals surface area contributed by atoms with Crippen LogP contribution < -0.4 is 10.6 Å². The van der Waals surface area contributed by atoms with Crippen molar-refractivity contribution >= 4 is 5.91 Å². The van der Waals surface area contributed by atoms with Crippen LogP contribution >= 0.6 is 0 Å². The fourth-order valence-electron chi connectivity index (χ4n) is 4.75. The first kappa shape index (κ1) is 22.8.